The van der Waals surface area contributed by atoms with E-state index >= 15 is 0 Å². The molecule has 0 unspecified atom stereocenters. The van der Waals surface area contributed by atoms with Crippen LogP contribution in [0.4, 0.5) is 0 Å². The van der Waals surface area contributed by atoms with E-state index in [9.17, 15) is 0 Å². The van der Waals surface area contributed by atoms with Crippen molar-refractivity contribution in [3.8, 4) is 5.75 Å². The van der Waals surface area contributed by atoms with E-state index in [2.05, 4.69) is 5.16 Å². The molecule has 1 rings (SSSR count). The minimum atomic E-state index is 0.831. The average molecular weight is 191 g/mol. The molecular weight excluding hydrogens is 178 g/mol. The van der Waals surface area contributed by atoms with Crippen LogP contribution < -0.4 is 4.74 Å². The lowest BCUT2D eigenvalue weighted by Gasteiger charge is -2.02. The summed E-state index contributed by atoms with van der Waals surface area (Å²) in [7, 11) is 1.64. The summed E-state index contributed by atoms with van der Waals surface area (Å²) in [4.78, 5) is 0. The van der Waals surface area contributed by atoms with Gasteiger partial charge in [-0.15, -0.1) is 0 Å². The van der Waals surface area contributed by atoms with Crippen LogP contribution in [-0.2, 0) is 0 Å². The first-order valence-corrected chi connectivity index (χ1v) is 4.26. The van der Waals surface area contributed by atoms with Crippen molar-refractivity contribution in [2.24, 2.45) is 5.16 Å². The molecule has 0 amide bonds. The topological polar surface area (TPSA) is 41.8 Å². The molecule has 0 aliphatic carbocycles. The van der Waals surface area contributed by atoms with E-state index in [1.165, 1.54) is 6.21 Å². The van der Waals surface area contributed by atoms with E-state index in [0.717, 1.165) is 16.9 Å². The van der Waals surface area contributed by atoms with Crippen LogP contribution in [0.5, 0.6) is 5.75 Å². The highest BCUT2D eigenvalue weighted by atomic mass is 16.5. The zero-order valence-electron chi connectivity index (χ0n) is 8.27. The zero-order chi connectivity index (χ0) is 10.4. The van der Waals surface area contributed by atoms with Gasteiger partial charge in [0.05, 0.1) is 13.3 Å². The lowest BCUT2D eigenvalue weighted by Crippen LogP contribution is -1.84. The van der Waals surface area contributed by atoms with E-state index in [4.69, 9.17) is 9.94 Å². The number of hydrogen-bond donors (Lipinski definition) is 1. The molecule has 0 aliphatic heterocycles. The van der Waals surface area contributed by atoms with Gasteiger partial charge in [-0.2, -0.15) is 0 Å². The van der Waals surface area contributed by atoms with Crippen LogP contribution >= 0.6 is 0 Å². The molecule has 0 heterocycles. The smallest absolute Gasteiger partial charge is 0.118 e. The number of oxime groups is 1. The van der Waals surface area contributed by atoms with Crippen molar-refractivity contribution in [2.75, 3.05) is 7.11 Å². The van der Waals surface area contributed by atoms with Crippen molar-refractivity contribution in [2.45, 2.75) is 6.92 Å². The first kappa shape index (κ1) is 10.3. The van der Waals surface area contributed by atoms with Crippen molar-refractivity contribution in [3.05, 3.63) is 35.9 Å². The number of rotatable bonds is 3. The zero-order valence-corrected chi connectivity index (χ0v) is 8.27. The SMILES string of the molecule is COc1ccc(/C(C)=C\C=N\O)cc1. The average Bonchev–Trinajstić information content (AvgIpc) is 2.26. The Bertz CT molecular complexity index is 339. The highest BCUT2D eigenvalue weighted by molar-refractivity contribution is 5.83. The third-order valence-electron chi connectivity index (χ3n) is 1.94. The first-order valence-electron chi connectivity index (χ1n) is 4.26. The van der Waals surface area contributed by atoms with Gasteiger partial charge in [-0.25, -0.2) is 0 Å². The number of hydrogen-bond acceptors (Lipinski definition) is 3. The standard InChI is InChI=1S/C11H13NO2/c1-9(7-8-12-13)10-3-5-11(14-2)6-4-10/h3-8,13H,1-2H3/b9-7-,12-8+. The summed E-state index contributed by atoms with van der Waals surface area (Å²) >= 11 is 0. The van der Waals surface area contributed by atoms with Crippen molar-refractivity contribution in [1.29, 1.82) is 0 Å². The number of ether oxygens (including phenoxy) is 1. The maximum absolute atomic E-state index is 8.25. The first-order chi connectivity index (χ1) is 6.77. The molecule has 0 atom stereocenters. The fourth-order valence-corrected chi connectivity index (χ4v) is 1.10. The molecule has 0 bridgehead atoms. The molecule has 0 fully saturated rings. The Labute approximate surface area is 83.3 Å². The summed E-state index contributed by atoms with van der Waals surface area (Å²) in [6.45, 7) is 1.95. The molecule has 1 N–H and O–H groups in total. The third-order valence-corrected chi connectivity index (χ3v) is 1.94. The van der Waals surface area contributed by atoms with Gasteiger partial charge in [-0.1, -0.05) is 17.3 Å². The quantitative estimate of drug-likeness (QED) is 0.453. The van der Waals surface area contributed by atoms with Crippen LogP contribution in [-0.4, -0.2) is 18.5 Å². The molecule has 0 aliphatic rings. The molecule has 1 aromatic rings. The summed E-state index contributed by atoms with van der Waals surface area (Å²) in [5.74, 6) is 0.831. The Kier molecular flexibility index (Phi) is 3.73. The number of methoxy groups -OCH3 is 1. The van der Waals surface area contributed by atoms with Gasteiger partial charge in [0.15, 0.2) is 0 Å². The van der Waals surface area contributed by atoms with Crippen molar-refractivity contribution in [3.63, 3.8) is 0 Å². The van der Waals surface area contributed by atoms with E-state index in [1.54, 1.807) is 13.2 Å². The Balaban J connectivity index is 2.86. The highest BCUT2D eigenvalue weighted by Gasteiger charge is 1.95. The van der Waals surface area contributed by atoms with Gasteiger partial charge in [0.1, 0.15) is 5.75 Å². The molecule has 1 aromatic carbocycles. The van der Waals surface area contributed by atoms with Crippen molar-refractivity contribution < 1.29 is 9.94 Å². The van der Waals surface area contributed by atoms with Crippen molar-refractivity contribution in [1.82, 2.24) is 0 Å². The van der Waals surface area contributed by atoms with Crippen LogP contribution in [0.15, 0.2) is 35.5 Å². The fourth-order valence-electron chi connectivity index (χ4n) is 1.10. The highest BCUT2D eigenvalue weighted by Crippen LogP contribution is 2.17. The third kappa shape index (κ3) is 2.62. The molecule has 3 nitrogen and oxygen atoms in total. The Hall–Kier alpha value is -1.77. The van der Waals surface area contributed by atoms with Crippen LogP contribution in [0.2, 0.25) is 0 Å². The predicted octanol–water partition coefficient (Wildman–Crippen LogP) is 2.56. The van der Waals surface area contributed by atoms with E-state index in [1.807, 2.05) is 31.2 Å². The largest absolute Gasteiger partial charge is 0.497 e. The van der Waals surface area contributed by atoms with Crippen molar-refractivity contribution >= 4 is 11.8 Å². The molecule has 3 heteroatoms. The van der Waals surface area contributed by atoms with Gasteiger partial charge in [-0.3, -0.25) is 0 Å². The number of nitrogens with zero attached hydrogens (tertiary/aromatic N) is 1. The van der Waals surface area contributed by atoms with Gasteiger partial charge in [0.25, 0.3) is 0 Å². The number of benzene rings is 1. The minimum Gasteiger partial charge on any atom is -0.497 e. The molecule has 0 aromatic heterocycles. The summed E-state index contributed by atoms with van der Waals surface area (Å²) < 4.78 is 5.04. The second-order valence-electron chi connectivity index (χ2n) is 2.84. The summed E-state index contributed by atoms with van der Waals surface area (Å²) in [5, 5.41) is 11.2. The number of allylic oxidation sites excluding steroid dienone is 2. The van der Waals surface area contributed by atoms with Crippen LogP contribution in [0.3, 0.4) is 0 Å². The molecule has 0 saturated carbocycles. The second kappa shape index (κ2) is 5.07. The monoisotopic (exact) mass is 191 g/mol. The molecule has 0 saturated heterocycles. The van der Waals surface area contributed by atoms with E-state index in [0.29, 0.717) is 0 Å². The Morgan fingerprint density at radius 3 is 2.50 bits per heavy atom. The summed E-state index contributed by atoms with van der Waals surface area (Å²) in [6.07, 6.45) is 3.08. The fraction of sp³-hybridized carbons (Fsp3) is 0.182. The lowest BCUT2D eigenvalue weighted by molar-refractivity contribution is 0.322. The maximum atomic E-state index is 8.25. The predicted molar refractivity (Wildman–Crippen MR) is 56.9 cm³/mol. The Morgan fingerprint density at radius 1 is 1.36 bits per heavy atom. The normalized spacial score (nSPS) is 12.0. The van der Waals surface area contributed by atoms with Crippen LogP contribution in [0, 0.1) is 0 Å². The minimum absolute atomic E-state index is 0.831. The van der Waals surface area contributed by atoms with Gasteiger partial charge < -0.3 is 9.94 Å². The molecule has 0 radical (unpaired) electrons. The molecule has 14 heavy (non-hydrogen) atoms. The second-order valence-corrected chi connectivity index (χ2v) is 2.84. The Morgan fingerprint density at radius 2 is 2.00 bits per heavy atom. The maximum Gasteiger partial charge on any atom is 0.118 e. The van der Waals surface area contributed by atoms with Gasteiger partial charge >= 0.3 is 0 Å². The van der Waals surface area contributed by atoms with E-state index in [-0.39, 0.29) is 0 Å². The van der Waals surface area contributed by atoms with E-state index < -0.39 is 0 Å². The van der Waals surface area contributed by atoms with Gasteiger partial charge in [0.2, 0.25) is 0 Å². The summed E-state index contributed by atoms with van der Waals surface area (Å²) in [5.41, 5.74) is 2.11. The molecule has 74 valence electrons. The van der Waals surface area contributed by atoms with Gasteiger partial charge in [0, 0.05) is 0 Å². The van der Waals surface area contributed by atoms with Gasteiger partial charge in [-0.05, 0) is 36.3 Å². The lowest BCUT2D eigenvalue weighted by atomic mass is 10.1. The molecular formula is C11H13NO2. The molecule has 0 spiro atoms. The van der Waals surface area contributed by atoms with Crippen LogP contribution in [0.25, 0.3) is 5.57 Å². The van der Waals surface area contributed by atoms with Crippen LogP contribution in [0.1, 0.15) is 12.5 Å². The summed E-state index contributed by atoms with van der Waals surface area (Å²) in [6, 6.07) is 7.69.